The maximum absolute atomic E-state index is 5.53. The summed E-state index contributed by atoms with van der Waals surface area (Å²) in [6.07, 6.45) is 0. The van der Waals surface area contributed by atoms with Gasteiger partial charge in [0.05, 0.1) is 0 Å². The molecule has 1 rings (SSSR count). The van der Waals surface area contributed by atoms with Crippen molar-refractivity contribution >= 4 is 11.6 Å². The number of aromatic nitrogens is 2. The molecule has 0 saturated carbocycles. The molecule has 0 saturated heterocycles. The third kappa shape index (κ3) is 1.97. The molecule has 1 aromatic heterocycles. The lowest BCUT2D eigenvalue weighted by Crippen LogP contribution is -2.01. The van der Waals surface area contributed by atoms with E-state index in [0.717, 1.165) is 0 Å². The van der Waals surface area contributed by atoms with Gasteiger partial charge in [0.15, 0.2) is 0 Å². The lowest BCUT2D eigenvalue weighted by molar-refractivity contribution is 0.387. The monoisotopic (exact) mass is 188 g/mol. The Kier molecular flexibility index (Phi) is 3.09. The van der Waals surface area contributed by atoms with E-state index in [9.17, 15) is 0 Å². The molecule has 1 aromatic rings. The van der Waals surface area contributed by atoms with Crippen LogP contribution in [0.15, 0.2) is 4.42 Å². The fourth-order valence-electron chi connectivity index (χ4n) is 0.790. The van der Waals surface area contributed by atoms with E-state index in [-0.39, 0.29) is 5.88 Å². The van der Waals surface area contributed by atoms with Gasteiger partial charge in [-0.15, -0.1) is 21.8 Å². The summed E-state index contributed by atoms with van der Waals surface area (Å²) < 4.78 is 5.30. The summed E-state index contributed by atoms with van der Waals surface area (Å²) in [5.41, 5.74) is 0. The van der Waals surface area contributed by atoms with Gasteiger partial charge in [-0.25, -0.2) is 0 Å². The zero-order chi connectivity index (χ0) is 9.14. The molecule has 3 nitrogen and oxygen atoms in total. The Hall–Kier alpha value is -0.570. The van der Waals surface area contributed by atoms with E-state index >= 15 is 0 Å². The normalized spacial score (nSPS) is 13.8. The number of rotatable bonds is 3. The van der Waals surface area contributed by atoms with Crippen LogP contribution in [0.4, 0.5) is 0 Å². The highest BCUT2D eigenvalue weighted by atomic mass is 35.5. The maximum atomic E-state index is 5.53. The van der Waals surface area contributed by atoms with Crippen molar-refractivity contribution in [3.05, 3.63) is 11.8 Å². The van der Waals surface area contributed by atoms with Gasteiger partial charge in [-0.3, -0.25) is 0 Å². The Balaban J connectivity index is 2.74. The van der Waals surface area contributed by atoms with Crippen molar-refractivity contribution in [2.75, 3.05) is 0 Å². The summed E-state index contributed by atoms with van der Waals surface area (Å²) in [6.45, 7) is 6.31. The number of halogens is 1. The van der Waals surface area contributed by atoms with Gasteiger partial charge in [-0.05, 0) is 5.92 Å². The zero-order valence-electron chi connectivity index (χ0n) is 7.54. The van der Waals surface area contributed by atoms with Crippen molar-refractivity contribution in [1.82, 2.24) is 10.2 Å². The van der Waals surface area contributed by atoms with E-state index in [1.165, 1.54) is 0 Å². The fourth-order valence-corrected chi connectivity index (χ4v) is 0.898. The molecular weight excluding hydrogens is 176 g/mol. The predicted octanol–water partition coefficient (Wildman–Crippen LogP) is 2.57. The molecule has 1 unspecified atom stereocenters. The second-order valence-electron chi connectivity index (χ2n) is 3.20. The largest absolute Gasteiger partial charge is 0.424 e. The summed E-state index contributed by atoms with van der Waals surface area (Å²) >= 11 is 5.53. The maximum Gasteiger partial charge on any atom is 0.231 e. The highest BCUT2D eigenvalue weighted by molar-refractivity contribution is 6.16. The Morgan fingerprint density at radius 1 is 1.33 bits per heavy atom. The molecule has 12 heavy (non-hydrogen) atoms. The summed E-state index contributed by atoms with van der Waals surface area (Å²) in [6, 6.07) is 0. The van der Waals surface area contributed by atoms with Crippen molar-refractivity contribution < 1.29 is 4.42 Å². The molecule has 0 amide bonds. The van der Waals surface area contributed by atoms with Crippen molar-refractivity contribution in [1.29, 1.82) is 0 Å². The molecule has 1 heterocycles. The average Bonchev–Trinajstić information content (AvgIpc) is 2.50. The second-order valence-corrected chi connectivity index (χ2v) is 3.47. The van der Waals surface area contributed by atoms with Crippen molar-refractivity contribution in [2.45, 2.75) is 32.6 Å². The van der Waals surface area contributed by atoms with E-state index in [1.54, 1.807) is 0 Å². The quantitative estimate of drug-likeness (QED) is 0.685. The topological polar surface area (TPSA) is 38.9 Å². The molecule has 0 aliphatic rings. The average molecular weight is 189 g/mol. The lowest BCUT2D eigenvalue weighted by atomic mass is 9.98. The molecule has 68 valence electrons. The van der Waals surface area contributed by atoms with Crippen LogP contribution < -0.4 is 0 Å². The Labute approximate surface area is 77.1 Å². The number of nitrogens with zero attached hydrogens (tertiary/aromatic N) is 2. The van der Waals surface area contributed by atoms with E-state index in [0.29, 0.717) is 23.6 Å². The van der Waals surface area contributed by atoms with Crippen LogP contribution in [0.25, 0.3) is 0 Å². The molecule has 0 aliphatic carbocycles. The van der Waals surface area contributed by atoms with E-state index in [4.69, 9.17) is 16.0 Å². The molecule has 0 bridgehead atoms. The predicted molar refractivity (Wildman–Crippen MR) is 47.1 cm³/mol. The minimum Gasteiger partial charge on any atom is -0.424 e. The minimum absolute atomic E-state index is 0.289. The van der Waals surface area contributed by atoms with Crippen LogP contribution in [0.3, 0.4) is 0 Å². The molecule has 1 atom stereocenters. The van der Waals surface area contributed by atoms with Crippen LogP contribution in [0.2, 0.25) is 0 Å². The first kappa shape index (κ1) is 9.52. The van der Waals surface area contributed by atoms with Crippen LogP contribution in [-0.2, 0) is 5.88 Å². The number of alkyl halides is 1. The minimum atomic E-state index is 0.289. The highest BCUT2D eigenvalue weighted by Gasteiger charge is 2.16. The molecule has 4 heteroatoms. The van der Waals surface area contributed by atoms with Crippen LogP contribution in [0.1, 0.15) is 38.5 Å². The highest BCUT2D eigenvalue weighted by Crippen LogP contribution is 2.22. The molecule has 0 aliphatic heterocycles. The third-order valence-corrected chi connectivity index (χ3v) is 2.21. The number of hydrogen-bond donors (Lipinski definition) is 0. The smallest absolute Gasteiger partial charge is 0.231 e. The van der Waals surface area contributed by atoms with Gasteiger partial charge < -0.3 is 4.42 Å². The van der Waals surface area contributed by atoms with Gasteiger partial charge in [0.1, 0.15) is 5.88 Å². The Bertz CT molecular complexity index is 247. The standard InChI is InChI=1S/C8H13ClN2O/c1-5(2)6(3)8-11-10-7(4-9)12-8/h5-6H,4H2,1-3H3. The Morgan fingerprint density at radius 2 is 2.00 bits per heavy atom. The fraction of sp³-hybridized carbons (Fsp3) is 0.750. The van der Waals surface area contributed by atoms with Gasteiger partial charge in [0.2, 0.25) is 11.8 Å². The first-order chi connectivity index (χ1) is 5.65. The molecular formula is C8H13ClN2O. The summed E-state index contributed by atoms with van der Waals surface area (Å²) in [4.78, 5) is 0. The van der Waals surface area contributed by atoms with Crippen molar-refractivity contribution in [3.8, 4) is 0 Å². The molecule has 0 radical (unpaired) electrons. The molecule has 0 fully saturated rings. The van der Waals surface area contributed by atoms with E-state index < -0.39 is 0 Å². The van der Waals surface area contributed by atoms with Gasteiger partial charge in [0, 0.05) is 5.92 Å². The second kappa shape index (κ2) is 3.90. The summed E-state index contributed by atoms with van der Waals surface area (Å²) in [7, 11) is 0. The van der Waals surface area contributed by atoms with Gasteiger partial charge in [0.25, 0.3) is 0 Å². The molecule has 0 N–H and O–H groups in total. The molecule has 0 spiro atoms. The molecule has 0 aromatic carbocycles. The summed E-state index contributed by atoms with van der Waals surface area (Å²) in [5, 5.41) is 7.70. The number of hydrogen-bond acceptors (Lipinski definition) is 3. The first-order valence-electron chi connectivity index (χ1n) is 4.03. The van der Waals surface area contributed by atoms with Crippen LogP contribution in [-0.4, -0.2) is 10.2 Å². The van der Waals surface area contributed by atoms with Crippen molar-refractivity contribution in [3.63, 3.8) is 0 Å². The van der Waals surface area contributed by atoms with E-state index in [2.05, 4.69) is 31.0 Å². The van der Waals surface area contributed by atoms with Crippen molar-refractivity contribution in [2.24, 2.45) is 5.92 Å². The van der Waals surface area contributed by atoms with Gasteiger partial charge in [-0.1, -0.05) is 20.8 Å². The summed E-state index contributed by atoms with van der Waals surface area (Å²) in [5.74, 6) is 2.28. The van der Waals surface area contributed by atoms with Crippen LogP contribution in [0, 0.1) is 5.92 Å². The SMILES string of the molecule is CC(C)C(C)c1nnc(CCl)o1. The van der Waals surface area contributed by atoms with Crippen LogP contribution >= 0.6 is 11.6 Å². The third-order valence-electron chi connectivity index (χ3n) is 1.99. The Morgan fingerprint density at radius 3 is 2.42 bits per heavy atom. The van der Waals surface area contributed by atoms with Gasteiger partial charge >= 0.3 is 0 Å². The lowest BCUT2D eigenvalue weighted by Gasteiger charge is -2.09. The van der Waals surface area contributed by atoms with Crippen LogP contribution in [0.5, 0.6) is 0 Å². The first-order valence-corrected chi connectivity index (χ1v) is 4.56. The van der Waals surface area contributed by atoms with Gasteiger partial charge in [-0.2, -0.15) is 0 Å². The zero-order valence-corrected chi connectivity index (χ0v) is 8.30. The van der Waals surface area contributed by atoms with E-state index in [1.807, 2.05) is 0 Å².